The molecular weight excluding hydrogens is 309 g/mol. The van der Waals surface area contributed by atoms with Crippen LogP contribution in [0.15, 0.2) is 42.6 Å². The van der Waals surface area contributed by atoms with E-state index in [4.69, 9.17) is 23.2 Å². The molecule has 1 atom stereocenters. The van der Waals surface area contributed by atoms with E-state index in [-0.39, 0.29) is 17.1 Å². The maximum Gasteiger partial charge on any atom is 0.279 e. The van der Waals surface area contributed by atoms with E-state index >= 15 is 0 Å². The van der Waals surface area contributed by atoms with Gasteiger partial charge in [0.05, 0.1) is 5.69 Å². The van der Waals surface area contributed by atoms with Crippen LogP contribution in [0.5, 0.6) is 0 Å². The lowest BCUT2D eigenvalue weighted by molar-refractivity contribution is -0.682. The lowest BCUT2D eigenvalue weighted by Gasteiger charge is -2.11. The first-order valence-electron chi connectivity index (χ1n) is 6.55. The highest BCUT2D eigenvalue weighted by Crippen LogP contribution is 2.17. The van der Waals surface area contributed by atoms with Gasteiger partial charge in [0.1, 0.15) is 6.04 Å². The molecule has 0 fully saturated rings. The Kier molecular flexibility index (Phi) is 5.56. The molecule has 21 heavy (non-hydrogen) atoms. The normalized spacial score (nSPS) is 12.0. The van der Waals surface area contributed by atoms with Crippen LogP contribution in [-0.2, 0) is 4.79 Å². The van der Waals surface area contributed by atoms with Crippen LogP contribution in [0, 0.1) is 0 Å². The third kappa shape index (κ3) is 4.70. The monoisotopic (exact) mass is 324 g/mol. The second-order valence-electron chi connectivity index (χ2n) is 4.67. The summed E-state index contributed by atoms with van der Waals surface area (Å²) in [7, 11) is 0. The number of nitrogens with one attached hydrogen (secondary N) is 1. The minimum Gasteiger partial charge on any atom is -0.333 e. The molecule has 2 aromatic rings. The van der Waals surface area contributed by atoms with E-state index < -0.39 is 0 Å². The van der Waals surface area contributed by atoms with Gasteiger partial charge in [-0.1, -0.05) is 35.3 Å². The van der Waals surface area contributed by atoms with Crippen LogP contribution < -0.4 is 10.6 Å². The van der Waals surface area contributed by atoms with E-state index in [0.29, 0.717) is 17.3 Å². The molecule has 0 saturated carbocycles. The highest BCUT2D eigenvalue weighted by Gasteiger charge is 2.12. The number of anilines is 1. The number of rotatable bonds is 5. The van der Waals surface area contributed by atoms with Crippen LogP contribution in [0.25, 0.3) is 0 Å². The predicted octanol–water partition coefficient (Wildman–Crippen LogP) is 2.65. The molecule has 4 nitrogen and oxygen atoms in total. The van der Waals surface area contributed by atoms with Crippen molar-refractivity contribution in [1.29, 1.82) is 0 Å². The van der Waals surface area contributed by atoms with Gasteiger partial charge in [-0.05, 0) is 31.2 Å². The van der Waals surface area contributed by atoms with Crippen LogP contribution in [-0.4, -0.2) is 17.4 Å². The first-order valence-corrected chi connectivity index (χ1v) is 7.31. The quantitative estimate of drug-likeness (QED) is 0.831. The Morgan fingerprint density at radius 3 is 2.67 bits per heavy atom. The van der Waals surface area contributed by atoms with Crippen LogP contribution in [0.2, 0.25) is 10.2 Å². The van der Waals surface area contributed by atoms with Gasteiger partial charge in [-0.25, -0.2) is 4.98 Å². The summed E-state index contributed by atoms with van der Waals surface area (Å²) in [6, 6.07) is 11.2. The summed E-state index contributed by atoms with van der Waals surface area (Å²) in [4.78, 5) is 15.8. The number of nitrogens with zero attached hydrogens (tertiary/aromatic N) is 1. The highest BCUT2D eigenvalue weighted by molar-refractivity contribution is 6.32. The topological polar surface area (TPSA) is 58.6 Å². The molecule has 0 aliphatic rings. The molecule has 1 heterocycles. The van der Waals surface area contributed by atoms with Gasteiger partial charge < -0.3 is 10.6 Å². The Labute approximate surface area is 133 Å². The van der Waals surface area contributed by atoms with E-state index in [2.05, 4.69) is 10.3 Å². The molecule has 1 aromatic heterocycles. The van der Waals surface area contributed by atoms with Crippen molar-refractivity contribution in [2.75, 3.05) is 11.9 Å². The van der Waals surface area contributed by atoms with E-state index in [1.165, 1.54) is 0 Å². The molecule has 1 aromatic carbocycles. The van der Waals surface area contributed by atoms with Gasteiger partial charge in [0.15, 0.2) is 11.7 Å². The van der Waals surface area contributed by atoms with Crippen molar-refractivity contribution in [3.8, 4) is 0 Å². The number of hydrogen-bond acceptors (Lipinski definition) is 2. The average Bonchev–Trinajstić information content (AvgIpc) is 2.48. The molecule has 6 heteroatoms. The predicted molar refractivity (Wildman–Crippen MR) is 84.5 cm³/mol. The second kappa shape index (κ2) is 7.41. The van der Waals surface area contributed by atoms with Crippen molar-refractivity contribution in [2.24, 2.45) is 0 Å². The zero-order valence-corrected chi connectivity index (χ0v) is 13.0. The molecule has 0 saturated heterocycles. The maximum absolute atomic E-state index is 11.9. The standard InChI is InChI=1S/C15H15Cl2N3O/c1-10(11-4-6-12(16)7-5-11)19-9-14(21)20-13-3-2-8-18-15(13)17/h2-8,10,19H,9H2,1H3,(H,20,21)/p+1/t10-/m0/s1. The molecular formula is C15H16Cl2N3O+. The van der Waals surface area contributed by atoms with Gasteiger partial charge in [-0.3, -0.25) is 4.79 Å². The smallest absolute Gasteiger partial charge is 0.279 e. The number of aromatic nitrogens is 1. The lowest BCUT2D eigenvalue weighted by atomic mass is 10.1. The molecule has 0 aliphatic carbocycles. The van der Waals surface area contributed by atoms with Crippen molar-refractivity contribution in [2.45, 2.75) is 13.0 Å². The Balaban J connectivity index is 1.86. The fraction of sp³-hybridized carbons (Fsp3) is 0.200. The molecule has 0 unspecified atom stereocenters. The average molecular weight is 325 g/mol. The number of amides is 1. The van der Waals surface area contributed by atoms with Crippen molar-refractivity contribution in [3.05, 3.63) is 58.3 Å². The molecule has 0 spiro atoms. The Hall–Kier alpha value is -1.62. The first kappa shape index (κ1) is 15.8. The van der Waals surface area contributed by atoms with Crippen molar-refractivity contribution in [3.63, 3.8) is 0 Å². The van der Waals surface area contributed by atoms with Crippen LogP contribution in [0.1, 0.15) is 18.5 Å². The molecule has 0 bridgehead atoms. The second-order valence-corrected chi connectivity index (χ2v) is 5.46. The van der Waals surface area contributed by atoms with Crippen LogP contribution >= 0.6 is 23.2 Å². The number of carbonyl (C=O) groups is 1. The van der Waals surface area contributed by atoms with Crippen molar-refractivity contribution < 1.29 is 10.1 Å². The minimum atomic E-state index is -0.120. The highest BCUT2D eigenvalue weighted by atomic mass is 35.5. The third-order valence-electron chi connectivity index (χ3n) is 3.09. The van der Waals surface area contributed by atoms with Crippen molar-refractivity contribution in [1.82, 2.24) is 4.98 Å². The van der Waals surface area contributed by atoms with Gasteiger partial charge >= 0.3 is 0 Å². The van der Waals surface area contributed by atoms with Gasteiger partial charge in [0.2, 0.25) is 0 Å². The Morgan fingerprint density at radius 1 is 1.29 bits per heavy atom. The number of nitrogens with two attached hydrogens (primary N) is 1. The largest absolute Gasteiger partial charge is 0.333 e. The van der Waals surface area contributed by atoms with Crippen molar-refractivity contribution >= 4 is 34.8 Å². The molecule has 0 aliphatic heterocycles. The summed E-state index contributed by atoms with van der Waals surface area (Å²) < 4.78 is 0. The van der Waals surface area contributed by atoms with Gasteiger partial charge in [-0.2, -0.15) is 0 Å². The Bertz CT molecular complexity index is 617. The van der Waals surface area contributed by atoms with Crippen LogP contribution in [0.3, 0.4) is 0 Å². The summed E-state index contributed by atoms with van der Waals surface area (Å²) in [5.74, 6) is -0.120. The maximum atomic E-state index is 11.9. The summed E-state index contributed by atoms with van der Waals surface area (Å²) in [5, 5.41) is 5.68. The summed E-state index contributed by atoms with van der Waals surface area (Å²) in [5.41, 5.74) is 1.64. The Morgan fingerprint density at radius 2 is 2.00 bits per heavy atom. The molecule has 3 N–H and O–H groups in total. The number of quaternary nitrogens is 1. The molecule has 2 rings (SSSR count). The van der Waals surface area contributed by atoms with Gasteiger partial charge in [0.25, 0.3) is 5.91 Å². The molecule has 110 valence electrons. The van der Waals surface area contributed by atoms with Gasteiger partial charge in [0, 0.05) is 16.8 Å². The zero-order chi connectivity index (χ0) is 15.2. The lowest BCUT2D eigenvalue weighted by Crippen LogP contribution is -2.86. The minimum absolute atomic E-state index is 0.120. The number of pyridine rings is 1. The summed E-state index contributed by atoms with van der Waals surface area (Å²) in [6.45, 7) is 2.34. The van der Waals surface area contributed by atoms with E-state index in [9.17, 15) is 4.79 Å². The van der Waals surface area contributed by atoms with E-state index in [1.807, 2.05) is 36.5 Å². The fourth-order valence-corrected chi connectivity index (χ4v) is 2.16. The first-order chi connectivity index (χ1) is 10.1. The molecule has 1 amide bonds. The number of hydrogen-bond donors (Lipinski definition) is 2. The van der Waals surface area contributed by atoms with E-state index in [1.54, 1.807) is 18.3 Å². The van der Waals surface area contributed by atoms with Gasteiger partial charge in [-0.15, -0.1) is 0 Å². The summed E-state index contributed by atoms with van der Waals surface area (Å²) >= 11 is 11.7. The SMILES string of the molecule is C[C@H]([NH2+]CC(=O)Nc1cccnc1Cl)c1ccc(Cl)cc1. The third-order valence-corrected chi connectivity index (χ3v) is 3.64. The number of benzene rings is 1. The van der Waals surface area contributed by atoms with E-state index in [0.717, 1.165) is 5.56 Å². The zero-order valence-electron chi connectivity index (χ0n) is 11.5. The van der Waals surface area contributed by atoms with Crippen LogP contribution in [0.4, 0.5) is 5.69 Å². The number of carbonyl (C=O) groups excluding carboxylic acids is 1. The summed E-state index contributed by atoms with van der Waals surface area (Å²) in [6.07, 6.45) is 1.58. The fourth-order valence-electron chi connectivity index (χ4n) is 1.87. The number of halogens is 2. The molecule has 0 radical (unpaired) electrons.